The van der Waals surface area contributed by atoms with E-state index in [0.717, 1.165) is 12.8 Å². The third-order valence-electron chi connectivity index (χ3n) is 2.19. The van der Waals surface area contributed by atoms with E-state index in [4.69, 9.17) is 0 Å². The van der Waals surface area contributed by atoms with Crippen LogP contribution in [0.5, 0.6) is 0 Å². The highest BCUT2D eigenvalue weighted by molar-refractivity contribution is 5.97. The molecule has 1 aliphatic carbocycles. The highest BCUT2D eigenvalue weighted by Gasteiger charge is 2.24. The lowest BCUT2D eigenvalue weighted by Gasteiger charge is -1.98. The Hall–Kier alpha value is -1.85. The summed E-state index contributed by atoms with van der Waals surface area (Å²) in [6, 6.07) is 1.74. The minimum atomic E-state index is -0.309. The molecule has 1 heterocycles. The number of H-pyrrole nitrogens is 1. The molecule has 1 aromatic rings. The second-order valence-electron chi connectivity index (χ2n) is 3.49. The van der Waals surface area contributed by atoms with E-state index in [-0.39, 0.29) is 17.5 Å². The smallest absolute Gasteiger partial charge is 0.271 e. The van der Waals surface area contributed by atoms with Gasteiger partial charge in [0.15, 0.2) is 5.69 Å². The molecule has 0 aliphatic heterocycles. The summed E-state index contributed by atoms with van der Waals surface area (Å²) >= 11 is 0. The number of carbonyl (C=O) groups excluding carboxylic acids is 2. The van der Waals surface area contributed by atoms with Crippen molar-refractivity contribution < 1.29 is 9.59 Å². The number of nitrogens with zero attached hydrogens (tertiary/aromatic N) is 1. The highest BCUT2D eigenvalue weighted by atomic mass is 16.2. The fraction of sp³-hybridized carbons (Fsp3) is 0.444. The van der Waals surface area contributed by atoms with Crippen LogP contribution >= 0.6 is 0 Å². The topological polar surface area (TPSA) is 86.9 Å². The highest BCUT2D eigenvalue weighted by Crippen LogP contribution is 2.19. The molecule has 6 heteroatoms. The van der Waals surface area contributed by atoms with Crippen molar-refractivity contribution in [2.45, 2.75) is 18.9 Å². The first-order valence-electron chi connectivity index (χ1n) is 4.79. The molecule has 15 heavy (non-hydrogen) atoms. The summed E-state index contributed by atoms with van der Waals surface area (Å²) in [5.74, 6) is -0.517. The normalized spacial score (nSPS) is 14.7. The maximum absolute atomic E-state index is 11.5. The van der Waals surface area contributed by atoms with Gasteiger partial charge in [-0.15, -0.1) is 0 Å². The fourth-order valence-electron chi connectivity index (χ4n) is 1.17. The average molecular weight is 208 g/mol. The van der Waals surface area contributed by atoms with Crippen molar-refractivity contribution in [1.29, 1.82) is 0 Å². The minimum absolute atomic E-state index is 0.208. The van der Waals surface area contributed by atoms with Crippen LogP contribution in [0.2, 0.25) is 0 Å². The van der Waals surface area contributed by atoms with Gasteiger partial charge in [-0.1, -0.05) is 0 Å². The molecule has 0 bridgehead atoms. The van der Waals surface area contributed by atoms with Crippen LogP contribution in [0.4, 0.5) is 0 Å². The Morgan fingerprint density at radius 2 is 2.20 bits per heavy atom. The number of hydrogen-bond donors (Lipinski definition) is 3. The van der Waals surface area contributed by atoms with Gasteiger partial charge in [0.2, 0.25) is 0 Å². The first kappa shape index (κ1) is 9.70. The molecule has 0 aromatic carbocycles. The van der Waals surface area contributed by atoms with Gasteiger partial charge < -0.3 is 10.6 Å². The van der Waals surface area contributed by atoms with E-state index in [1.807, 2.05) is 0 Å². The molecule has 1 fully saturated rings. The van der Waals surface area contributed by atoms with E-state index in [9.17, 15) is 9.59 Å². The van der Waals surface area contributed by atoms with Crippen molar-refractivity contribution >= 4 is 11.8 Å². The lowest BCUT2D eigenvalue weighted by molar-refractivity contribution is 0.0943. The maximum Gasteiger partial charge on any atom is 0.271 e. The summed E-state index contributed by atoms with van der Waals surface area (Å²) in [6.45, 7) is 0. The van der Waals surface area contributed by atoms with Crippen molar-refractivity contribution in [2.24, 2.45) is 0 Å². The molecule has 2 amide bonds. The molecule has 80 valence electrons. The van der Waals surface area contributed by atoms with Crippen LogP contribution in [0.1, 0.15) is 33.8 Å². The van der Waals surface area contributed by atoms with Gasteiger partial charge in [-0.25, -0.2) is 0 Å². The molecule has 0 saturated heterocycles. The van der Waals surface area contributed by atoms with Crippen molar-refractivity contribution in [1.82, 2.24) is 20.8 Å². The Morgan fingerprint density at radius 1 is 1.47 bits per heavy atom. The van der Waals surface area contributed by atoms with Crippen LogP contribution in [0, 0.1) is 0 Å². The molecule has 1 saturated carbocycles. The minimum Gasteiger partial charge on any atom is -0.354 e. The Labute approximate surface area is 86.4 Å². The lowest BCUT2D eigenvalue weighted by atomic mass is 10.3. The average Bonchev–Trinajstić information content (AvgIpc) is 2.91. The summed E-state index contributed by atoms with van der Waals surface area (Å²) in [6.07, 6.45) is 2.06. The van der Waals surface area contributed by atoms with Crippen molar-refractivity contribution in [3.63, 3.8) is 0 Å². The Bertz CT molecular complexity index is 395. The van der Waals surface area contributed by atoms with E-state index in [2.05, 4.69) is 20.8 Å². The van der Waals surface area contributed by atoms with E-state index >= 15 is 0 Å². The summed E-state index contributed by atoms with van der Waals surface area (Å²) in [7, 11) is 1.51. The molecule has 2 rings (SSSR count). The summed E-state index contributed by atoms with van der Waals surface area (Å²) in [4.78, 5) is 22.7. The van der Waals surface area contributed by atoms with Gasteiger partial charge in [0.05, 0.1) is 0 Å². The fourth-order valence-corrected chi connectivity index (χ4v) is 1.17. The quantitative estimate of drug-likeness (QED) is 0.635. The third-order valence-corrected chi connectivity index (χ3v) is 2.19. The standard InChI is InChI=1S/C9H12N4O2/c1-10-8(14)6-4-7(13-12-6)9(15)11-5-2-3-5/h4-5H,2-3H2,1H3,(H,10,14)(H,11,15)(H,12,13). The number of carbonyl (C=O) groups is 2. The van der Waals surface area contributed by atoms with Crippen LogP contribution in [-0.2, 0) is 0 Å². The number of rotatable bonds is 3. The Balaban J connectivity index is 2.04. The second kappa shape index (κ2) is 3.72. The Kier molecular flexibility index (Phi) is 2.40. The zero-order valence-corrected chi connectivity index (χ0v) is 8.33. The number of amides is 2. The lowest BCUT2D eigenvalue weighted by Crippen LogP contribution is -2.25. The number of nitrogens with one attached hydrogen (secondary N) is 3. The predicted molar refractivity (Wildman–Crippen MR) is 52.5 cm³/mol. The van der Waals surface area contributed by atoms with Crippen LogP contribution in [0.15, 0.2) is 6.07 Å². The van der Waals surface area contributed by atoms with E-state index in [0.29, 0.717) is 11.7 Å². The molecule has 1 aliphatic rings. The van der Waals surface area contributed by atoms with Gasteiger partial charge in [0.1, 0.15) is 5.69 Å². The second-order valence-corrected chi connectivity index (χ2v) is 3.49. The monoisotopic (exact) mass is 208 g/mol. The van der Waals surface area contributed by atoms with Crippen molar-refractivity contribution in [3.05, 3.63) is 17.5 Å². The molecule has 0 atom stereocenters. The number of aromatic amines is 1. The Morgan fingerprint density at radius 3 is 2.80 bits per heavy atom. The zero-order valence-electron chi connectivity index (χ0n) is 8.33. The number of hydrogen-bond acceptors (Lipinski definition) is 3. The van der Waals surface area contributed by atoms with Crippen LogP contribution < -0.4 is 10.6 Å². The predicted octanol–water partition coefficient (Wildman–Crippen LogP) is -0.339. The van der Waals surface area contributed by atoms with Gasteiger partial charge in [-0.2, -0.15) is 5.10 Å². The van der Waals surface area contributed by atoms with Crippen molar-refractivity contribution in [2.75, 3.05) is 7.05 Å². The molecule has 1 aromatic heterocycles. The van der Waals surface area contributed by atoms with E-state index in [1.165, 1.54) is 13.1 Å². The zero-order chi connectivity index (χ0) is 10.8. The largest absolute Gasteiger partial charge is 0.354 e. The van der Waals surface area contributed by atoms with Gasteiger partial charge in [0.25, 0.3) is 11.8 Å². The maximum atomic E-state index is 11.5. The van der Waals surface area contributed by atoms with Crippen LogP contribution in [0.3, 0.4) is 0 Å². The van der Waals surface area contributed by atoms with Crippen LogP contribution in [-0.4, -0.2) is 35.1 Å². The van der Waals surface area contributed by atoms with E-state index in [1.54, 1.807) is 0 Å². The summed E-state index contributed by atoms with van der Waals surface area (Å²) in [5.41, 5.74) is 0.541. The van der Waals surface area contributed by atoms with Gasteiger partial charge in [-0.3, -0.25) is 14.7 Å². The van der Waals surface area contributed by atoms with Gasteiger partial charge in [0, 0.05) is 19.2 Å². The molecule has 3 N–H and O–H groups in total. The number of aromatic nitrogens is 2. The third kappa shape index (κ3) is 2.15. The van der Waals surface area contributed by atoms with Gasteiger partial charge >= 0.3 is 0 Å². The molecule has 6 nitrogen and oxygen atoms in total. The van der Waals surface area contributed by atoms with Crippen LogP contribution in [0.25, 0.3) is 0 Å². The summed E-state index contributed by atoms with van der Waals surface area (Å²) < 4.78 is 0. The van der Waals surface area contributed by atoms with Crippen molar-refractivity contribution in [3.8, 4) is 0 Å². The molecule has 0 unspecified atom stereocenters. The molecular formula is C9H12N4O2. The summed E-state index contributed by atoms with van der Waals surface area (Å²) in [5, 5.41) is 11.5. The first-order valence-corrected chi connectivity index (χ1v) is 4.79. The first-order chi connectivity index (χ1) is 7.20. The van der Waals surface area contributed by atoms with E-state index < -0.39 is 0 Å². The molecular weight excluding hydrogens is 196 g/mol. The molecule has 0 radical (unpaired) electrons. The molecule has 0 spiro atoms. The van der Waals surface area contributed by atoms with Gasteiger partial charge in [-0.05, 0) is 12.8 Å². The SMILES string of the molecule is CNC(=O)c1cc(C(=O)NC2CC2)[nH]n1.